The molecule has 5 nitrogen and oxygen atoms in total. The summed E-state index contributed by atoms with van der Waals surface area (Å²) in [4.78, 5) is 11.1. The van der Waals surface area contributed by atoms with Crippen molar-refractivity contribution in [3.63, 3.8) is 0 Å². The number of hydrogen-bond donors (Lipinski definition) is 1. The molecule has 0 bridgehead atoms. The van der Waals surface area contributed by atoms with Crippen LogP contribution in [0.4, 0.5) is 0 Å². The largest absolute Gasteiger partial charge is 0.477 e. The third-order valence-corrected chi connectivity index (χ3v) is 4.35. The molecule has 0 aliphatic rings. The summed E-state index contributed by atoms with van der Waals surface area (Å²) in [5.74, 6) is -1.28. The predicted molar refractivity (Wildman–Crippen MR) is 69.9 cm³/mol. The maximum absolute atomic E-state index is 12.4. The minimum absolute atomic E-state index is 0.0868. The van der Waals surface area contributed by atoms with E-state index in [1.54, 1.807) is 13.8 Å². The Labute approximate surface area is 111 Å². The van der Waals surface area contributed by atoms with E-state index in [2.05, 4.69) is 0 Å². The Morgan fingerprint density at radius 2 is 1.74 bits per heavy atom. The molecular formula is C13H13NO4S. The maximum Gasteiger partial charge on any atom is 0.353 e. The van der Waals surface area contributed by atoms with Gasteiger partial charge in [-0.3, -0.25) is 0 Å². The van der Waals surface area contributed by atoms with Crippen LogP contribution >= 0.6 is 0 Å². The third kappa shape index (κ3) is 2.39. The summed E-state index contributed by atoms with van der Waals surface area (Å²) >= 11 is 0. The van der Waals surface area contributed by atoms with E-state index in [-0.39, 0.29) is 10.6 Å². The first-order chi connectivity index (χ1) is 8.82. The minimum atomic E-state index is -3.88. The molecule has 0 radical (unpaired) electrons. The highest BCUT2D eigenvalue weighted by Crippen LogP contribution is 2.19. The van der Waals surface area contributed by atoms with Crippen molar-refractivity contribution in [2.45, 2.75) is 18.7 Å². The van der Waals surface area contributed by atoms with Gasteiger partial charge in [0, 0.05) is 6.20 Å². The van der Waals surface area contributed by atoms with Crippen molar-refractivity contribution in [2.24, 2.45) is 0 Å². The Balaban J connectivity index is 2.65. The number of carboxylic acids is 1. The van der Waals surface area contributed by atoms with Crippen LogP contribution < -0.4 is 0 Å². The van der Waals surface area contributed by atoms with Gasteiger partial charge in [0.15, 0.2) is 0 Å². The maximum atomic E-state index is 12.4. The number of hydrogen-bond acceptors (Lipinski definition) is 3. The van der Waals surface area contributed by atoms with Crippen LogP contribution in [0.15, 0.2) is 41.4 Å². The third-order valence-electron chi connectivity index (χ3n) is 2.68. The van der Waals surface area contributed by atoms with Gasteiger partial charge in [0.1, 0.15) is 5.69 Å². The van der Waals surface area contributed by atoms with E-state index in [4.69, 9.17) is 5.11 Å². The Bertz CT molecular complexity index is 724. The average Bonchev–Trinajstić information content (AvgIpc) is 2.76. The van der Waals surface area contributed by atoms with E-state index in [1.807, 2.05) is 6.07 Å². The molecule has 0 saturated heterocycles. The molecule has 1 N–H and O–H groups in total. The molecule has 2 rings (SSSR count). The van der Waals surface area contributed by atoms with Crippen molar-refractivity contribution in [1.82, 2.24) is 3.97 Å². The van der Waals surface area contributed by atoms with E-state index in [1.165, 1.54) is 30.5 Å². The minimum Gasteiger partial charge on any atom is -0.477 e. The van der Waals surface area contributed by atoms with Crippen LogP contribution in [0.5, 0.6) is 0 Å². The zero-order valence-electron chi connectivity index (χ0n) is 10.5. The first kappa shape index (κ1) is 13.4. The van der Waals surface area contributed by atoms with Gasteiger partial charge in [-0.05, 0) is 49.2 Å². The lowest BCUT2D eigenvalue weighted by Gasteiger charge is -2.09. The Morgan fingerprint density at radius 1 is 1.16 bits per heavy atom. The smallest absolute Gasteiger partial charge is 0.353 e. The standard InChI is InChI=1S/C13H13NO4S/c1-9-6-10(2)8-11(7-9)19(17,18)14-5-3-4-12(14)13(15)16/h3-8H,1-2H3,(H,15,16). The summed E-state index contributed by atoms with van der Waals surface area (Å²) in [6, 6.07) is 7.54. The molecule has 6 heteroatoms. The lowest BCUT2D eigenvalue weighted by atomic mass is 10.2. The van der Waals surface area contributed by atoms with Crippen molar-refractivity contribution in [3.8, 4) is 0 Å². The van der Waals surface area contributed by atoms with Gasteiger partial charge < -0.3 is 5.11 Å². The van der Waals surface area contributed by atoms with Gasteiger partial charge in [-0.2, -0.15) is 0 Å². The summed E-state index contributed by atoms with van der Waals surface area (Å²) in [6.45, 7) is 3.58. The van der Waals surface area contributed by atoms with Crippen molar-refractivity contribution in [2.75, 3.05) is 0 Å². The van der Waals surface area contributed by atoms with E-state index >= 15 is 0 Å². The van der Waals surface area contributed by atoms with Crippen molar-refractivity contribution < 1.29 is 18.3 Å². The molecule has 0 unspecified atom stereocenters. The normalized spacial score (nSPS) is 11.5. The van der Waals surface area contributed by atoms with Gasteiger partial charge in [0.05, 0.1) is 4.90 Å². The highest BCUT2D eigenvalue weighted by atomic mass is 32.2. The summed E-state index contributed by atoms with van der Waals surface area (Å²) < 4.78 is 25.6. The molecule has 0 fully saturated rings. The zero-order valence-corrected chi connectivity index (χ0v) is 11.3. The topological polar surface area (TPSA) is 76.4 Å². The summed E-state index contributed by atoms with van der Waals surface area (Å²) in [5.41, 5.74) is 1.34. The van der Waals surface area contributed by atoms with Gasteiger partial charge in [0.25, 0.3) is 10.0 Å². The fourth-order valence-electron chi connectivity index (χ4n) is 1.94. The van der Waals surface area contributed by atoms with E-state index in [0.717, 1.165) is 15.1 Å². The van der Waals surface area contributed by atoms with Crippen LogP contribution in [0.1, 0.15) is 21.6 Å². The molecule has 19 heavy (non-hydrogen) atoms. The molecule has 0 aliphatic heterocycles. The quantitative estimate of drug-likeness (QED) is 0.932. The van der Waals surface area contributed by atoms with Crippen LogP contribution in [-0.2, 0) is 10.0 Å². The summed E-state index contributed by atoms with van der Waals surface area (Å²) in [7, 11) is -3.88. The van der Waals surface area contributed by atoms with Gasteiger partial charge in [0.2, 0.25) is 0 Å². The molecule has 0 atom stereocenters. The first-order valence-electron chi connectivity index (χ1n) is 5.57. The van der Waals surface area contributed by atoms with Crippen molar-refractivity contribution >= 4 is 16.0 Å². The molecule has 0 aliphatic carbocycles. The van der Waals surface area contributed by atoms with Crippen LogP contribution in [0, 0.1) is 13.8 Å². The predicted octanol–water partition coefficient (Wildman–Crippen LogP) is 2.04. The number of benzene rings is 1. The van der Waals surface area contributed by atoms with E-state index < -0.39 is 16.0 Å². The first-order valence-corrected chi connectivity index (χ1v) is 7.01. The number of aryl methyl sites for hydroxylation is 2. The molecule has 1 aromatic heterocycles. The average molecular weight is 279 g/mol. The van der Waals surface area contributed by atoms with Crippen LogP contribution in [0.25, 0.3) is 0 Å². The van der Waals surface area contributed by atoms with E-state index in [9.17, 15) is 13.2 Å². The molecule has 0 saturated carbocycles. The fourth-order valence-corrected chi connectivity index (χ4v) is 3.46. The second kappa shape index (κ2) is 4.55. The van der Waals surface area contributed by atoms with Gasteiger partial charge in [-0.15, -0.1) is 0 Å². The molecule has 1 aromatic carbocycles. The molecular weight excluding hydrogens is 266 g/mol. The van der Waals surface area contributed by atoms with Crippen LogP contribution in [0.2, 0.25) is 0 Å². The molecule has 2 aromatic rings. The second-order valence-corrected chi connectivity index (χ2v) is 6.14. The number of aromatic carboxylic acids is 1. The van der Waals surface area contributed by atoms with E-state index in [0.29, 0.717) is 0 Å². The number of carbonyl (C=O) groups is 1. The van der Waals surface area contributed by atoms with Crippen molar-refractivity contribution in [1.29, 1.82) is 0 Å². The second-order valence-electron chi connectivity index (χ2n) is 4.32. The zero-order chi connectivity index (χ0) is 14.2. The van der Waals surface area contributed by atoms with Crippen LogP contribution in [-0.4, -0.2) is 23.5 Å². The van der Waals surface area contributed by atoms with Gasteiger partial charge in [-0.1, -0.05) is 6.07 Å². The Kier molecular flexibility index (Phi) is 3.20. The Hall–Kier alpha value is -2.08. The Morgan fingerprint density at radius 3 is 2.26 bits per heavy atom. The number of carboxylic acid groups (broad SMARTS) is 1. The lowest BCUT2D eigenvalue weighted by molar-refractivity contribution is 0.0689. The van der Waals surface area contributed by atoms with Gasteiger partial charge in [-0.25, -0.2) is 17.2 Å². The monoisotopic (exact) mass is 279 g/mol. The lowest BCUT2D eigenvalue weighted by Crippen LogP contribution is -2.17. The highest BCUT2D eigenvalue weighted by Gasteiger charge is 2.22. The molecule has 100 valence electrons. The summed E-state index contributed by atoms with van der Waals surface area (Å²) in [6.07, 6.45) is 1.23. The highest BCUT2D eigenvalue weighted by molar-refractivity contribution is 7.90. The molecule has 0 amide bonds. The fraction of sp³-hybridized carbons (Fsp3) is 0.154. The summed E-state index contributed by atoms with van der Waals surface area (Å²) in [5, 5.41) is 8.99. The molecule has 1 heterocycles. The molecule has 0 spiro atoms. The number of aromatic nitrogens is 1. The number of nitrogens with zero attached hydrogens (tertiary/aromatic N) is 1. The SMILES string of the molecule is Cc1cc(C)cc(S(=O)(=O)n2cccc2C(=O)O)c1. The van der Waals surface area contributed by atoms with Gasteiger partial charge >= 0.3 is 5.97 Å². The number of rotatable bonds is 3. The van der Waals surface area contributed by atoms with Crippen LogP contribution in [0.3, 0.4) is 0 Å². The van der Waals surface area contributed by atoms with Crippen molar-refractivity contribution in [3.05, 3.63) is 53.3 Å².